The van der Waals surface area contributed by atoms with Gasteiger partial charge in [0.1, 0.15) is 4.99 Å². The van der Waals surface area contributed by atoms with Crippen molar-refractivity contribution in [2.24, 2.45) is 5.73 Å². The van der Waals surface area contributed by atoms with E-state index >= 15 is 0 Å². The van der Waals surface area contributed by atoms with Crippen molar-refractivity contribution in [2.75, 3.05) is 18.0 Å². The lowest BCUT2D eigenvalue weighted by Gasteiger charge is -2.43. The Bertz CT molecular complexity index is 504. The highest BCUT2D eigenvalue weighted by atomic mass is 79.9. The molecular weight excluding hydrogens is 324 g/mol. The van der Waals surface area contributed by atoms with Gasteiger partial charge in [-0.05, 0) is 54.9 Å². The minimum absolute atomic E-state index is 0.133. The molecule has 1 saturated heterocycles. The van der Waals surface area contributed by atoms with E-state index in [-0.39, 0.29) is 11.7 Å². The third-order valence-electron chi connectivity index (χ3n) is 3.15. The van der Waals surface area contributed by atoms with E-state index in [0.717, 1.165) is 28.8 Å². The maximum absolute atomic E-state index is 5.92. The first-order valence-electron chi connectivity index (χ1n) is 6.30. The number of hydrogen-bond donors (Lipinski definition) is 1. The lowest BCUT2D eigenvalue weighted by atomic mass is 10.0. The number of hydrogen-bond acceptors (Lipinski definition) is 3. The maximum Gasteiger partial charge on any atom is 0.105 e. The number of benzene rings is 1. The Morgan fingerprint density at radius 3 is 2.74 bits per heavy atom. The zero-order valence-corrected chi connectivity index (χ0v) is 13.8. The first-order chi connectivity index (χ1) is 8.78. The molecule has 1 aliphatic heterocycles. The summed E-state index contributed by atoms with van der Waals surface area (Å²) in [7, 11) is 0. The summed E-state index contributed by atoms with van der Waals surface area (Å²) in [6, 6.07) is 6.10. The van der Waals surface area contributed by atoms with E-state index in [1.807, 2.05) is 6.07 Å². The summed E-state index contributed by atoms with van der Waals surface area (Å²) >= 11 is 8.55. The average Bonchev–Trinajstić information content (AvgIpc) is 2.25. The molecule has 0 spiro atoms. The van der Waals surface area contributed by atoms with Crippen LogP contribution in [0.15, 0.2) is 22.7 Å². The van der Waals surface area contributed by atoms with Crippen LogP contribution in [0.5, 0.6) is 0 Å². The highest BCUT2D eigenvalue weighted by molar-refractivity contribution is 9.10. The third-order valence-corrected chi connectivity index (χ3v) is 4.03. The van der Waals surface area contributed by atoms with E-state index in [0.29, 0.717) is 4.99 Å². The number of ether oxygens (including phenoxy) is 1. The predicted molar refractivity (Wildman–Crippen MR) is 86.9 cm³/mol. The molecule has 1 aliphatic rings. The number of thiocarbonyl (C=S) groups is 1. The number of rotatable bonds is 2. The highest BCUT2D eigenvalue weighted by Gasteiger charge is 2.31. The largest absolute Gasteiger partial charge is 0.389 e. The van der Waals surface area contributed by atoms with E-state index in [4.69, 9.17) is 22.7 Å². The van der Waals surface area contributed by atoms with Gasteiger partial charge in [-0.15, -0.1) is 0 Å². The Hall–Kier alpha value is -0.650. The van der Waals surface area contributed by atoms with Crippen LogP contribution >= 0.6 is 28.1 Å². The van der Waals surface area contributed by atoms with Crippen LogP contribution in [-0.2, 0) is 4.74 Å². The molecule has 1 aromatic rings. The average molecular weight is 343 g/mol. The molecule has 1 heterocycles. The second kappa shape index (κ2) is 5.38. The molecule has 0 saturated carbocycles. The van der Waals surface area contributed by atoms with Crippen molar-refractivity contribution in [2.45, 2.75) is 32.5 Å². The lowest BCUT2D eigenvalue weighted by Crippen LogP contribution is -2.52. The molecular formula is C14H19BrN2OS. The zero-order chi connectivity index (χ0) is 14.2. The van der Waals surface area contributed by atoms with Crippen LogP contribution in [-0.4, -0.2) is 29.8 Å². The van der Waals surface area contributed by atoms with Crippen LogP contribution in [0.2, 0.25) is 0 Å². The summed E-state index contributed by atoms with van der Waals surface area (Å²) in [6.07, 6.45) is 0.220. The fourth-order valence-corrected chi connectivity index (χ4v) is 3.44. The summed E-state index contributed by atoms with van der Waals surface area (Å²) in [6.45, 7) is 8.10. The number of nitrogens with zero attached hydrogens (tertiary/aromatic N) is 1. The normalized spacial score (nSPS) is 22.3. The second-order valence-electron chi connectivity index (χ2n) is 5.60. The number of morpholine rings is 1. The summed E-state index contributed by atoms with van der Waals surface area (Å²) in [5, 5.41) is 0. The van der Waals surface area contributed by atoms with Crippen molar-refractivity contribution in [1.29, 1.82) is 0 Å². The van der Waals surface area contributed by atoms with Gasteiger partial charge in [0, 0.05) is 28.8 Å². The van der Waals surface area contributed by atoms with Crippen LogP contribution in [0.25, 0.3) is 0 Å². The van der Waals surface area contributed by atoms with Gasteiger partial charge in [-0.25, -0.2) is 0 Å². The predicted octanol–water partition coefficient (Wildman–Crippen LogP) is 3.09. The Morgan fingerprint density at radius 2 is 2.21 bits per heavy atom. The molecule has 1 aromatic carbocycles. The van der Waals surface area contributed by atoms with Crippen molar-refractivity contribution in [1.82, 2.24) is 0 Å². The van der Waals surface area contributed by atoms with Gasteiger partial charge < -0.3 is 15.4 Å². The first kappa shape index (κ1) is 14.8. The minimum Gasteiger partial charge on any atom is -0.389 e. The van der Waals surface area contributed by atoms with Gasteiger partial charge in [0.25, 0.3) is 0 Å². The van der Waals surface area contributed by atoms with Gasteiger partial charge in [0.2, 0.25) is 0 Å². The van der Waals surface area contributed by atoms with E-state index in [9.17, 15) is 0 Å². The van der Waals surface area contributed by atoms with Crippen LogP contribution in [0.4, 0.5) is 5.69 Å². The van der Waals surface area contributed by atoms with Crippen molar-refractivity contribution in [3.8, 4) is 0 Å². The van der Waals surface area contributed by atoms with Crippen LogP contribution in [0.3, 0.4) is 0 Å². The summed E-state index contributed by atoms with van der Waals surface area (Å²) in [4.78, 5) is 2.75. The van der Waals surface area contributed by atoms with Crippen LogP contribution < -0.4 is 10.6 Å². The molecule has 0 bridgehead atoms. The molecule has 5 heteroatoms. The molecule has 1 atom stereocenters. The summed E-state index contributed by atoms with van der Waals surface area (Å²) in [5.41, 5.74) is 7.58. The number of nitrogens with two attached hydrogens (primary N) is 1. The maximum atomic E-state index is 5.92. The van der Waals surface area contributed by atoms with Gasteiger partial charge in [0.15, 0.2) is 0 Å². The van der Waals surface area contributed by atoms with Crippen molar-refractivity contribution in [3.63, 3.8) is 0 Å². The monoisotopic (exact) mass is 342 g/mol. The first-order valence-corrected chi connectivity index (χ1v) is 7.51. The lowest BCUT2D eigenvalue weighted by molar-refractivity contribution is -0.0749. The van der Waals surface area contributed by atoms with E-state index < -0.39 is 0 Å². The van der Waals surface area contributed by atoms with Crippen molar-refractivity contribution in [3.05, 3.63) is 28.2 Å². The molecule has 0 aromatic heterocycles. The molecule has 104 valence electrons. The Kier molecular flexibility index (Phi) is 4.18. The molecule has 1 fully saturated rings. The fraction of sp³-hybridized carbons (Fsp3) is 0.500. The molecule has 0 amide bonds. The number of anilines is 1. The molecule has 1 unspecified atom stereocenters. The van der Waals surface area contributed by atoms with Gasteiger partial charge in [-0.1, -0.05) is 12.2 Å². The van der Waals surface area contributed by atoms with E-state index in [1.165, 1.54) is 0 Å². The van der Waals surface area contributed by atoms with E-state index in [1.54, 1.807) is 0 Å². The molecule has 2 rings (SSSR count). The van der Waals surface area contributed by atoms with Gasteiger partial charge in [-0.2, -0.15) is 0 Å². The fourth-order valence-electron chi connectivity index (χ4n) is 2.55. The Morgan fingerprint density at radius 1 is 1.53 bits per heavy atom. The zero-order valence-electron chi connectivity index (χ0n) is 11.4. The third kappa shape index (κ3) is 3.46. The van der Waals surface area contributed by atoms with Gasteiger partial charge in [0.05, 0.1) is 11.7 Å². The van der Waals surface area contributed by atoms with Crippen molar-refractivity contribution < 1.29 is 4.74 Å². The van der Waals surface area contributed by atoms with Crippen LogP contribution in [0.1, 0.15) is 26.3 Å². The molecule has 2 N–H and O–H groups in total. The topological polar surface area (TPSA) is 38.5 Å². The number of halogens is 1. The Balaban J connectivity index is 2.27. The summed E-state index contributed by atoms with van der Waals surface area (Å²) in [5.74, 6) is 0. The molecule has 0 aliphatic carbocycles. The minimum atomic E-state index is -0.133. The highest BCUT2D eigenvalue weighted by Crippen LogP contribution is 2.29. The molecule has 19 heavy (non-hydrogen) atoms. The quantitative estimate of drug-likeness (QED) is 0.838. The van der Waals surface area contributed by atoms with Gasteiger partial charge in [-0.3, -0.25) is 0 Å². The molecule has 3 nitrogen and oxygen atoms in total. The standard InChI is InChI=1S/C14H19BrN2OS/c1-9-7-17(8-14(2,3)18-9)10-4-5-11(13(16)19)12(15)6-10/h4-6,9H,7-8H2,1-3H3,(H2,16,19). The van der Waals surface area contributed by atoms with E-state index in [2.05, 4.69) is 53.7 Å². The van der Waals surface area contributed by atoms with Crippen molar-refractivity contribution >= 4 is 38.8 Å². The summed E-state index contributed by atoms with van der Waals surface area (Å²) < 4.78 is 6.86. The molecule has 0 radical (unpaired) electrons. The van der Waals surface area contributed by atoms with Crippen LogP contribution in [0, 0.1) is 0 Å². The Labute approximate surface area is 128 Å². The smallest absolute Gasteiger partial charge is 0.105 e. The van der Waals surface area contributed by atoms with Gasteiger partial charge >= 0.3 is 0 Å². The second-order valence-corrected chi connectivity index (χ2v) is 6.89. The SMILES string of the molecule is CC1CN(c2ccc(C(N)=S)c(Br)c2)CC(C)(C)O1.